The molecule has 2 N–H and O–H groups in total. The van der Waals surface area contributed by atoms with Gasteiger partial charge in [0.25, 0.3) is 0 Å². The number of hydrogen-bond acceptors (Lipinski definition) is 3. The van der Waals surface area contributed by atoms with Crippen LogP contribution in [-0.4, -0.2) is 42.2 Å². The number of aryl methyl sites for hydroxylation is 1. The highest BCUT2D eigenvalue weighted by Crippen LogP contribution is 2.16. The van der Waals surface area contributed by atoms with Gasteiger partial charge in [0.1, 0.15) is 0 Å². The van der Waals surface area contributed by atoms with Crippen molar-refractivity contribution in [2.75, 3.05) is 31.6 Å². The van der Waals surface area contributed by atoms with Gasteiger partial charge in [0.05, 0.1) is 6.54 Å². The summed E-state index contributed by atoms with van der Waals surface area (Å²) in [4.78, 5) is 14.2. The third-order valence-electron chi connectivity index (χ3n) is 3.95. The molecule has 2 rings (SSSR count). The van der Waals surface area contributed by atoms with Crippen LogP contribution in [0.5, 0.6) is 0 Å². The number of nitrogens with zero attached hydrogens (tertiary/aromatic N) is 1. The number of carbonyl (C=O) groups is 1. The number of benzene rings is 1. The van der Waals surface area contributed by atoms with E-state index < -0.39 is 0 Å². The van der Waals surface area contributed by atoms with E-state index in [1.54, 1.807) is 0 Å². The molecular weight excluding hydrogens is 252 g/mol. The molecule has 0 spiro atoms. The third kappa shape index (κ3) is 4.32. The summed E-state index contributed by atoms with van der Waals surface area (Å²) >= 11 is 0. The first-order valence-electron chi connectivity index (χ1n) is 7.43. The summed E-state index contributed by atoms with van der Waals surface area (Å²) in [6.45, 7) is 4.60. The van der Waals surface area contributed by atoms with Crippen LogP contribution in [0.4, 0.5) is 5.69 Å². The molecule has 0 aromatic heterocycles. The monoisotopic (exact) mass is 276 g/mol. The Labute approximate surface area is 120 Å². The van der Waals surface area contributed by atoms with Crippen molar-refractivity contribution in [2.45, 2.75) is 26.2 Å². The van der Waals surface area contributed by atoms with Gasteiger partial charge in [-0.2, -0.15) is 0 Å². The standard InChI is InChI=1S/C16H24N2O2/c1-2-13-4-3-5-15(10-13)17-16(20)11-18-8-6-14(12-19)7-9-18/h3-5,10,14,19H,2,6-9,11-12H2,1H3,(H,17,20). The second-order valence-electron chi connectivity index (χ2n) is 5.50. The normalized spacial score (nSPS) is 17.1. The maximum atomic E-state index is 12.0. The molecule has 1 fully saturated rings. The number of anilines is 1. The van der Waals surface area contributed by atoms with Gasteiger partial charge in [0.2, 0.25) is 5.91 Å². The van der Waals surface area contributed by atoms with Crippen molar-refractivity contribution in [2.24, 2.45) is 5.92 Å². The Kier molecular flexibility index (Phi) is 5.56. The van der Waals surface area contributed by atoms with Crippen LogP contribution in [0.2, 0.25) is 0 Å². The lowest BCUT2D eigenvalue weighted by molar-refractivity contribution is -0.117. The molecule has 1 aromatic rings. The van der Waals surface area contributed by atoms with E-state index >= 15 is 0 Å². The van der Waals surface area contributed by atoms with Crippen LogP contribution in [0.3, 0.4) is 0 Å². The van der Waals surface area contributed by atoms with Crippen LogP contribution in [0, 0.1) is 5.92 Å². The Morgan fingerprint density at radius 3 is 2.80 bits per heavy atom. The minimum Gasteiger partial charge on any atom is -0.396 e. The zero-order valence-electron chi connectivity index (χ0n) is 12.1. The quantitative estimate of drug-likeness (QED) is 0.863. The molecule has 1 aromatic carbocycles. The SMILES string of the molecule is CCc1cccc(NC(=O)CN2CCC(CO)CC2)c1. The van der Waals surface area contributed by atoms with Gasteiger partial charge in [-0.1, -0.05) is 19.1 Å². The lowest BCUT2D eigenvalue weighted by atomic mass is 9.98. The maximum Gasteiger partial charge on any atom is 0.238 e. The zero-order valence-corrected chi connectivity index (χ0v) is 12.1. The lowest BCUT2D eigenvalue weighted by Crippen LogP contribution is -2.39. The second kappa shape index (κ2) is 7.41. The molecule has 4 heteroatoms. The van der Waals surface area contributed by atoms with Gasteiger partial charge in [-0.25, -0.2) is 0 Å². The Hall–Kier alpha value is -1.39. The molecule has 0 aliphatic carbocycles. The molecular formula is C16H24N2O2. The molecule has 1 aliphatic rings. The van der Waals surface area contributed by atoms with E-state index in [-0.39, 0.29) is 12.5 Å². The first-order chi connectivity index (χ1) is 9.71. The van der Waals surface area contributed by atoms with Crippen LogP contribution in [0.1, 0.15) is 25.3 Å². The number of likely N-dealkylation sites (tertiary alicyclic amines) is 1. The number of carbonyl (C=O) groups excluding carboxylic acids is 1. The molecule has 0 unspecified atom stereocenters. The van der Waals surface area contributed by atoms with E-state index in [1.807, 2.05) is 18.2 Å². The predicted molar refractivity (Wildman–Crippen MR) is 80.7 cm³/mol. The second-order valence-corrected chi connectivity index (χ2v) is 5.50. The number of hydrogen-bond donors (Lipinski definition) is 2. The largest absolute Gasteiger partial charge is 0.396 e. The molecule has 0 bridgehead atoms. The molecule has 110 valence electrons. The fourth-order valence-corrected chi connectivity index (χ4v) is 2.60. The van der Waals surface area contributed by atoms with Crippen molar-refractivity contribution in [1.29, 1.82) is 0 Å². The van der Waals surface area contributed by atoms with Crippen molar-refractivity contribution in [3.8, 4) is 0 Å². The summed E-state index contributed by atoms with van der Waals surface area (Å²) in [5, 5.41) is 12.1. The van der Waals surface area contributed by atoms with E-state index in [0.29, 0.717) is 12.5 Å². The van der Waals surface area contributed by atoms with Crippen LogP contribution in [0.15, 0.2) is 24.3 Å². The number of nitrogens with one attached hydrogen (secondary N) is 1. The molecule has 1 saturated heterocycles. The first kappa shape index (κ1) is 15.0. The maximum absolute atomic E-state index is 12.0. The van der Waals surface area contributed by atoms with Gasteiger partial charge in [-0.15, -0.1) is 0 Å². The molecule has 20 heavy (non-hydrogen) atoms. The predicted octanol–water partition coefficient (Wildman–Crippen LogP) is 1.89. The van der Waals surface area contributed by atoms with Crippen molar-refractivity contribution < 1.29 is 9.90 Å². The fourth-order valence-electron chi connectivity index (χ4n) is 2.60. The molecule has 1 heterocycles. The van der Waals surface area contributed by atoms with E-state index in [0.717, 1.165) is 38.0 Å². The average Bonchev–Trinajstić information content (AvgIpc) is 2.48. The van der Waals surface area contributed by atoms with Crippen molar-refractivity contribution in [3.63, 3.8) is 0 Å². The van der Waals surface area contributed by atoms with Crippen LogP contribution in [0.25, 0.3) is 0 Å². The smallest absolute Gasteiger partial charge is 0.238 e. The minimum atomic E-state index is 0.0423. The summed E-state index contributed by atoms with van der Waals surface area (Å²) in [5.41, 5.74) is 2.10. The number of aliphatic hydroxyl groups excluding tert-OH is 1. The summed E-state index contributed by atoms with van der Waals surface area (Å²) in [6.07, 6.45) is 2.93. The number of rotatable bonds is 5. The molecule has 1 aliphatic heterocycles. The topological polar surface area (TPSA) is 52.6 Å². The highest BCUT2D eigenvalue weighted by atomic mass is 16.3. The van der Waals surface area contributed by atoms with Crippen LogP contribution < -0.4 is 5.32 Å². The van der Waals surface area contributed by atoms with Gasteiger partial charge in [0, 0.05) is 12.3 Å². The summed E-state index contributed by atoms with van der Waals surface area (Å²) in [5.74, 6) is 0.455. The summed E-state index contributed by atoms with van der Waals surface area (Å²) in [6, 6.07) is 7.99. The first-order valence-corrected chi connectivity index (χ1v) is 7.43. The van der Waals surface area contributed by atoms with Gasteiger partial charge in [0.15, 0.2) is 0 Å². The number of amides is 1. The fraction of sp³-hybridized carbons (Fsp3) is 0.562. The van der Waals surface area contributed by atoms with Crippen molar-refractivity contribution >= 4 is 11.6 Å². The van der Waals surface area contributed by atoms with E-state index in [1.165, 1.54) is 5.56 Å². The Morgan fingerprint density at radius 2 is 2.15 bits per heavy atom. The molecule has 0 atom stereocenters. The van der Waals surface area contributed by atoms with E-state index in [4.69, 9.17) is 5.11 Å². The van der Waals surface area contributed by atoms with E-state index in [2.05, 4.69) is 23.2 Å². The zero-order chi connectivity index (χ0) is 14.4. The summed E-state index contributed by atoms with van der Waals surface area (Å²) < 4.78 is 0. The van der Waals surface area contributed by atoms with Gasteiger partial charge < -0.3 is 10.4 Å². The Balaban J connectivity index is 1.80. The number of piperidine rings is 1. The van der Waals surface area contributed by atoms with Gasteiger partial charge in [-0.05, 0) is 56.0 Å². The van der Waals surface area contributed by atoms with Crippen molar-refractivity contribution in [1.82, 2.24) is 4.90 Å². The Bertz CT molecular complexity index is 440. The summed E-state index contributed by atoms with van der Waals surface area (Å²) in [7, 11) is 0. The number of aliphatic hydroxyl groups is 1. The molecule has 1 amide bonds. The van der Waals surface area contributed by atoms with Gasteiger partial charge >= 0.3 is 0 Å². The highest BCUT2D eigenvalue weighted by Gasteiger charge is 2.20. The average molecular weight is 276 g/mol. The third-order valence-corrected chi connectivity index (χ3v) is 3.95. The van der Waals surface area contributed by atoms with E-state index in [9.17, 15) is 4.79 Å². The van der Waals surface area contributed by atoms with Gasteiger partial charge in [-0.3, -0.25) is 9.69 Å². The van der Waals surface area contributed by atoms with Crippen molar-refractivity contribution in [3.05, 3.63) is 29.8 Å². The van der Waals surface area contributed by atoms with Crippen LogP contribution in [-0.2, 0) is 11.2 Å². The molecule has 0 saturated carbocycles. The highest BCUT2D eigenvalue weighted by molar-refractivity contribution is 5.92. The minimum absolute atomic E-state index is 0.0423. The van der Waals surface area contributed by atoms with Crippen LogP contribution >= 0.6 is 0 Å². The molecule has 4 nitrogen and oxygen atoms in total. The lowest BCUT2D eigenvalue weighted by Gasteiger charge is -2.30. The molecule has 0 radical (unpaired) electrons. The Morgan fingerprint density at radius 1 is 1.40 bits per heavy atom.